The van der Waals surface area contributed by atoms with Gasteiger partial charge in [-0.1, -0.05) is 0 Å². The number of piperazine rings is 1. The van der Waals surface area contributed by atoms with E-state index in [1.807, 2.05) is 29.2 Å². The molecule has 3 heterocycles. The Morgan fingerprint density at radius 1 is 1.23 bits per heavy atom. The number of ether oxygens (including phenoxy) is 1. The van der Waals surface area contributed by atoms with Crippen LogP contribution in [-0.4, -0.2) is 88.9 Å². The molecule has 1 aromatic carbocycles. The number of aromatic nitrogens is 1. The number of carbonyl (C=O) groups excluding carboxylic acids is 2. The molecular formula is C22H28N4O5. The molecule has 4 rings (SSSR count). The fourth-order valence-electron chi connectivity index (χ4n) is 3.99. The largest absolute Gasteiger partial charge is 0.494 e. The average Bonchev–Trinajstić information content (AvgIpc) is 3.13. The van der Waals surface area contributed by atoms with E-state index in [0.29, 0.717) is 64.4 Å². The van der Waals surface area contributed by atoms with Gasteiger partial charge >= 0.3 is 0 Å². The number of benzene rings is 1. The molecule has 1 fully saturated rings. The first-order chi connectivity index (χ1) is 15.0. The average molecular weight is 428 g/mol. The van der Waals surface area contributed by atoms with Gasteiger partial charge in [0.25, 0.3) is 0 Å². The van der Waals surface area contributed by atoms with Crippen LogP contribution < -0.4 is 10.1 Å². The van der Waals surface area contributed by atoms with E-state index in [4.69, 9.17) is 9.84 Å². The van der Waals surface area contributed by atoms with E-state index < -0.39 is 6.10 Å². The van der Waals surface area contributed by atoms with Crippen LogP contribution in [0.1, 0.15) is 18.4 Å². The van der Waals surface area contributed by atoms with Gasteiger partial charge in [-0.3, -0.25) is 14.5 Å². The summed E-state index contributed by atoms with van der Waals surface area (Å²) in [4.78, 5) is 32.3. The van der Waals surface area contributed by atoms with Gasteiger partial charge in [0.1, 0.15) is 11.6 Å². The van der Waals surface area contributed by atoms with Crippen LogP contribution >= 0.6 is 0 Å². The topological polar surface area (TPSA) is 115 Å². The zero-order chi connectivity index (χ0) is 21.8. The number of aliphatic hydroxyl groups is 2. The molecule has 2 aliphatic rings. The third-order valence-corrected chi connectivity index (χ3v) is 5.68. The van der Waals surface area contributed by atoms with Gasteiger partial charge in [0.15, 0.2) is 0 Å². The fourth-order valence-corrected chi connectivity index (χ4v) is 3.99. The second-order valence-electron chi connectivity index (χ2n) is 8.05. The minimum Gasteiger partial charge on any atom is -0.494 e. The molecule has 2 aliphatic heterocycles. The van der Waals surface area contributed by atoms with E-state index in [1.165, 1.54) is 0 Å². The number of amides is 2. The number of pyridine rings is 1. The van der Waals surface area contributed by atoms with E-state index in [2.05, 4.69) is 15.2 Å². The van der Waals surface area contributed by atoms with Crippen molar-refractivity contribution >= 4 is 28.5 Å². The summed E-state index contributed by atoms with van der Waals surface area (Å²) < 4.78 is 5.82. The molecular weight excluding hydrogens is 400 g/mol. The van der Waals surface area contributed by atoms with Crippen LogP contribution in [0.3, 0.4) is 0 Å². The Morgan fingerprint density at radius 2 is 2.03 bits per heavy atom. The van der Waals surface area contributed by atoms with Crippen molar-refractivity contribution in [3.63, 3.8) is 0 Å². The highest BCUT2D eigenvalue weighted by Crippen LogP contribution is 2.27. The van der Waals surface area contributed by atoms with Gasteiger partial charge in [0.05, 0.1) is 31.3 Å². The third kappa shape index (κ3) is 5.30. The molecule has 0 aliphatic carbocycles. The highest BCUT2D eigenvalue weighted by atomic mass is 16.5. The van der Waals surface area contributed by atoms with Gasteiger partial charge < -0.3 is 25.2 Å². The summed E-state index contributed by atoms with van der Waals surface area (Å²) in [5, 5.41) is 22.1. The summed E-state index contributed by atoms with van der Waals surface area (Å²) in [6.45, 7) is 3.31. The lowest BCUT2D eigenvalue weighted by atomic mass is 10.1. The summed E-state index contributed by atoms with van der Waals surface area (Å²) in [6.07, 6.45) is 0.670. The number of β-amino-alcohol motifs (C(OH)–C–C–N with tert-alkyl or cyclic N) is 1. The molecule has 166 valence electrons. The van der Waals surface area contributed by atoms with Crippen LogP contribution in [0.25, 0.3) is 10.9 Å². The molecule has 0 radical (unpaired) electrons. The van der Waals surface area contributed by atoms with Crippen molar-refractivity contribution in [1.82, 2.24) is 14.8 Å². The Balaban J connectivity index is 1.21. The first-order valence-electron chi connectivity index (χ1n) is 10.7. The number of fused-ring (bicyclic) bond motifs is 2. The maximum atomic E-state index is 12.4. The van der Waals surface area contributed by atoms with E-state index in [-0.39, 0.29) is 18.4 Å². The molecule has 9 nitrogen and oxygen atoms in total. The van der Waals surface area contributed by atoms with Crippen LogP contribution in [0.15, 0.2) is 24.3 Å². The van der Waals surface area contributed by atoms with Crippen molar-refractivity contribution in [2.24, 2.45) is 0 Å². The Kier molecular flexibility index (Phi) is 6.64. The lowest BCUT2D eigenvalue weighted by Crippen LogP contribution is -2.50. The Hall–Kier alpha value is -2.75. The molecule has 0 saturated carbocycles. The second-order valence-corrected chi connectivity index (χ2v) is 8.05. The minimum atomic E-state index is -0.731. The van der Waals surface area contributed by atoms with Gasteiger partial charge in [0, 0.05) is 50.1 Å². The van der Waals surface area contributed by atoms with Gasteiger partial charge in [-0.05, 0) is 30.7 Å². The first-order valence-corrected chi connectivity index (χ1v) is 10.7. The monoisotopic (exact) mass is 428 g/mol. The van der Waals surface area contributed by atoms with Gasteiger partial charge in [-0.2, -0.15) is 0 Å². The molecule has 1 unspecified atom stereocenters. The highest BCUT2D eigenvalue weighted by Gasteiger charge is 2.22. The summed E-state index contributed by atoms with van der Waals surface area (Å²) >= 11 is 0. The van der Waals surface area contributed by atoms with Crippen molar-refractivity contribution < 1.29 is 24.5 Å². The Bertz CT molecular complexity index is 958. The molecule has 31 heavy (non-hydrogen) atoms. The number of anilines is 1. The van der Waals surface area contributed by atoms with Gasteiger partial charge in [-0.15, -0.1) is 0 Å². The third-order valence-electron chi connectivity index (χ3n) is 5.68. The number of nitrogens with one attached hydrogen (secondary N) is 1. The smallest absolute Gasteiger partial charge is 0.230 e. The normalized spacial score (nSPS) is 17.5. The molecule has 1 saturated heterocycles. The van der Waals surface area contributed by atoms with E-state index in [1.54, 1.807) is 0 Å². The molecule has 0 bridgehead atoms. The zero-order valence-electron chi connectivity index (χ0n) is 17.4. The molecule has 1 atom stereocenters. The maximum Gasteiger partial charge on any atom is 0.230 e. The van der Waals surface area contributed by atoms with Crippen molar-refractivity contribution in [3.8, 4) is 5.75 Å². The van der Waals surface area contributed by atoms with Gasteiger partial charge in [0.2, 0.25) is 11.8 Å². The van der Waals surface area contributed by atoms with E-state index in [9.17, 15) is 14.7 Å². The van der Waals surface area contributed by atoms with Crippen LogP contribution in [0.4, 0.5) is 5.82 Å². The number of rotatable bonds is 8. The zero-order valence-corrected chi connectivity index (χ0v) is 17.4. The SMILES string of the molecule is O=C1Cc2cc3cc(OCCCC(=O)N4CCN(CC(O)CO)CC4)ccc3nc2N1. The highest BCUT2D eigenvalue weighted by molar-refractivity contribution is 6.00. The van der Waals surface area contributed by atoms with Crippen molar-refractivity contribution in [3.05, 3.63) is 29.8 Å². The maximum absolute atomic E-state index is 12.4. The molecule has 2 aromatic rings. The van der Waals surface area contributed by atoms with Crippen molar-refractivity contribution in [2.45, 2.75) is 25.4 Å². The molecule has 1 aromatic heterocycles. The molecule has 2 amide bonds. The lowest BCUT2D eigenvalue weighted by molar-refractivity contribution is -0.133. The second kappa shape index (κ2) is 9.59. The summed E-state index contributed by atoms with van der Waals surface area (Å²) in [5.74, 6) is 1.43. The van der Waals surface area contributed by atoms with Crippen molar-refractivity contribution in [2.75, 3.05) is 51.3 Å². The molecule has 9 heteroatoms. The summed E-state index contributed by atoms with van der Waals surface area (Å²) in [6, 6.07) is 7.59. The number of aliphatic hydroxyl groups excluding tert-OH is 2. The minimum absolute atomic E-state index is 0.0388. The number of carbonyl (C=O) groups is 2. The predicted molar refractivity (Wildman–Crippen MR) is 115 cm³/mol. The fraction of sp³-hybridized carbons (Fsp3) is 0.500. The summed E-state index contributed by atoms with van der Waals surface area (Å²) in [7, 11) is 0. The van der Waals surface area contributed by atoms with Crippen LogP contribution in [0.2, 0.25) is 0 Å². The standard InChI is InChI=1S/C22H28N4O5/c27-14-17(28)13-25-5-7-26(8-6-25)21(30)2-1-9-31-18-3-4-19-15(11-18)10-16-12-20(29)24-22(16)23-19/h3-4,10-11,17,27-28H,1-2,5-9,12-14H2,(H,23,24,29). The van der Waals surface area contributed by atoms with Crippen molar-refractivity contribution in [1.29, 1.82) is 0 Å². The first kappa shape index (κ1) is 21.5. The van der Waals surface area contributed by atoms with Crippen LogP contribution in [0.5, 0.6) is 5.75 Å². The van der Waals surface area contributed by atoms with Gasteiger partial charge in [-0.25, -0.2) is 4.98 Å². The Labute approximate surface area is 180 Å². The summed E-state index contributed by atoms with van der Waals surface area (Å²) in [5.41, 5.74) is 1.69. The molecule has 0 spiro atoms. The van der Waals surface area contributed by atoms with E-state index in [0.717, 1.165) is 22.2 Å². The quantitative estimate of drug-likeness (QED) is 0.521. The number of hydrogen-bond acceptors (Lipinski definition) is 7. The van der Waals surface area contributed by atoms with Crippen LogP contribution in [0, 0.1) is 0 Å². The Morgan fingerprint density at radius 3 is 2.81 bits per heavy atom. The lowest BCUT2D eigenvalue weighted by Gasteiger charge is -2.35. The predicted octanol–water partition coefficient (Wildman–Crippen LogP) is 0.386. The van der Waals surface area contributed by atoms with Crippen LogP contribution in [-0.2, 0) is 16.0 Å². The molecule has 3 N–H and O–H groups in total. The number of nitrogens with zero attached hydrogens (tertiary/aromatic N) is 3. The van der Waals surface area contributed by atoms with E-state index >= 15 is 0 Å². The number of hydrogen-bond donors (Lipinski definition) is 3.